The molecular weight excluding hydrogens is 388 g/mol. The topological polar surface area (TPSA) is 117 Å². The number of hydrogen-bond acceptors (Lipinski definition) is 7. The molecule has 8 nitrogen and oxygen atoms in total. The number of fused-ring (bicyclic) bond motifs is 1. The van der Waals surface area contributed by atoms with Crippen LogP contribution in [-0.2, 0) is 0 Å². The molecule has 3 aromatic heterocycles. The lowest BCUT2D eigenvalue weighted by molar-refractivity contribution is 1.12. The monoisotopic (exact) mass is 408 g/mol. The number of nitrogens with two attached hydrogens (primary N) is 1. The second-order valence-corrected chi connectivity index (χ2v) is 7.11. The van der Waals surface area contributed by atoms with Gasteiger partial charge in [0.15, 0.2) is 0 Å². The number of H-pyrrole nitrogens is 1. The van der Waals surface area contributed by atoms with Crippen LogP contribution in [0.25, 0.3) is 22.4 Å². The summed E-state index contributed by atoms with van der Waals surface area (Å²) >= 11 is 0. The predicted octanol–water partition coefficient (Wildman–Crippen LogP) is 4.79. The van der Waals surface area contributed by atoms with Gasteiger partial charge in [0.2, 0.25) is 5.95 Å². The number of aromatic nitrogens is 5. The maximum atomic E-state index is 5.74. The number of aryl methyl sites for hydroxylation is 1. The summed E-state index contributed by atoms with van der Waals surface area (Å²) in [5, 5.41) is 6.54. The molecule has 5 N–H and O–H groups in total. The largest absolute Gasteiger partial charge is 0.368 e. The molecule has 152 valence electrons. The molecule has 0 unspecified atom stereocenters. The first kappa shape index (κ1) is 18.6. The summed E-state index contributed by atoms with van der Waals surface area (Å²) < 4.78 is 0. The van der Waals surface area contributed by atoms with Crippen LogP contribution in [0, 0.1) is 6.92 Å². The summed E-state index contributed by atoms with van der Waals surface area (Å²) in [5.74, 6) is 2.51. The lowest BCUT2D eigenvalue weighted by Gasteiger charge is -2.06. The Labute approximate surface area is 178 Å². The van der Waals surface area contributed by atoms with Crippen LogP contribution in [0.2, 0.25) is 0 Å². The molecule has 0 aliphatic carbocycles. The van der Waals surface area contributed by atoms with Crippen molar-refractivity contribution < 1.29 is 0 Å². The molecule has 31 heavy (non-hydrogen) atoms. The number of pyridine rings is 1. The molecule has 0 saturated carbocycles. The Morgan fingerprint density at radius 2 is 1.61 bits per heavy atom. The van der Waals surface area contributed by atoms with Crippen molar-refractivity contribution in [2.24, 2.45) is 0 Å². The molecule has 0 bridgehead atoms. The third-order valence-corrected chi connectivity index (χ3v) is 4.72. The summed E-state index contributed by atoms with van der Waals surface area (Å²) in [5.41, 5.74) is 11.2. The number of nitrogens with zero attached hydrogens (tertiary/aromatic N) is 4. The van der Waals surface area contributed by atoms with Crippen molar-refractivity contribution in [2.45, 2.75) is 6.92 Å². The second kappa shape index (κ2) is 7.75. The van der Waals surface area contributed by atoms with Crippen LogP contribution in [0.1, 0.15) is 5.69 Å². The minimum Gasteiger partial charge on any atom is -0.368 e. The normalized spacial score (nSPS) is 10.9. The van der Waals surface area contributed by atoms with Gasteiger partial charge >= 0.3 is 0 Å². The zero-order chi connectivity index (χ0) is 21.2. The first-order valence-corrected chi connectivity index (χ1v) is 9.79. The van der Waals surface area contributed by atoms with Gasteiger partial charge in [-0.3, -0.25) is 0 Å². The van der Waals surface area contributed by atoms with E-state index in [0.717, 1.165) is 45.3 Å². The fourth-order valence-electron chi connectivity index (χ4n) is 3.32. The number of aromatic amines is 1. The van der Waals surface area contributed by atoms with Gasteiger partial charge in [0.05, 0.1) is 11.0 Å². The van der Waals surface area contributed by atoms with Crippen molar-refractivity contribution in [3.63, 3.8) is 0 Å². The number of rotatable bonds is 5. The van der Waals surface area contributed by atoms with Gasteiger partial charge < -0.3 is 21.4 Å². The maximum Gasteiger partial charge on any atom is 0.222 e. The van der Waals surface area contributed by atoms with E-state index in [2.05, 4.69) is 30.6 Å². The number of anilines is 5. The molecule has 3 heterocycles. The summed E-state index contributed by atoms with van der Waals surface area (Å²) in [7, 11) is 0. The summed E-state index contributed by atoms with van der Waals surface area (Å²) in [4.78, 5) is 20.7. The van der Waals surface area contributed by atoms with Crippen molar-refractivity contribution in [1.82, 2.24) is 24.9 Å². The molecule has 5 aromatic rings. The van der Waals surface area contributed by atoms with Gasteiger partial charge in [0.25, 0.3) is 0 Å². The van der Waals surface area contributed by atoms with Gasteiger partial charge in [-0.15, -0.1) is 0 Å². The summed E-state index contributed by atoms with van der Waals surface area (Å²) in [6.45, 7) is 1.88. The molecule has 0 fully saturated rings. The van der Waals surface area contributed by atoms with Crippen LogP contribution in [0.5, 0.6) is 0 Å². The average Bonchev–Trinajstić information content (AvgIpc) is 3.18. The Bertz CT molecular complexity index is 1320. The fourth-order valence-corrected chi connectivity index (χ4v) is 3.32. The molecule has 0 saturated heterocycles. The van der Waals surface area contributed by atoms with E-state index in [4.69, 9.17) is 10.7 Å². The maximum absolute atomic E-state index is 5.74. The minimum atomic E-state index is 0.244. The van der Waals surface area contributed by atoms with E-state index >= 15 is 0 Å². The molecule has 0 spiro atoms. The molecule has 0 radical (unpaired) electrons. The van der Waals surface area contributed by atoms with Gasteiger partial charge in [-0.2, -0.15) is 4.98 Å². The van der Waals surface area contributed by atoms with Crippen LogP contribution in [0.4, 0.5) is 29.0 Å². The number of imidazole rings is 1. The van der Waals surface area contributed by atoms with Crippen molar-refractivity contribution >= 4 is 40.0 Å². The minimum absolute atomic E-state index is 0.244. The van der Waals surface area contributed by atoms with Crippen LogP contribution in [0.3, 0.4) is 0 Å². The highest BCUT2D eigenvalue weighted by atomic mass is 15.1. The van der Waals surface area contributed by atoms with E-state index in [1.807, 2.05) is 73.7 Å². The number of hydrogen-bond donors (Lipinski definition) is 4. The van der Waals surface area contributed by atoms with E-state index in [1.54, 1.807) is 6.20 Å². The zero-order valence-electron chi connectivity index (χ0n) is 16.8. The smallest absolute Gasteiger partial charge is 0.222 e. The van der Waals surface area contributed by atoms with E-state index in [9.17, 15) is 0 Å². The van der Waals surface area contributed by atoms with E-state index in [0.29, 0.717) is 5.82 Å². The Morgan fingerprint density at radius 1 is 0.806 bits per heavy atom. The Morgan fingerprint density at radius 3 is 2.39 bits per heavy atom. The highest BCUT2D eigenvalue weighted by molar-refractivity contribution is 5.83. The third-order valence-electron chi connectivity index (χ3n) is 4.72. The molecule has 0 aliphatic heterocycles. The number of nitrogens with one attached hydrogen (secondary N) is 3. The second-order valence-electron chi connectivity index (χ2n) is 7.11. The van der Waals surface area contributed by atoms with Crippen LogP contribution >= 0.6 is 0 Å². The van der Waals surface area contributed by atoms with Gasteiger partial charge in [-0.25, -0.2) is 15.0 Å². The molecule has 0 amide bonds. The standard InChI is InChI=1S/C23H20N8/c1-14-12-21(31-23(24)26-14)28-17-9-10-18-19(13-17)30-22(29-18)15-5-7-16(8-6-15)27-20-4-2-3-11-25-20/h2-13H,1H3,(H,25,27)(H,29,30)(H3,24,26,28,31). The van der Waals surface area contributed by atoms with E-state index in [-0.39, 0.29) is 5.95 Å². The molecule has 5 rings (SSSR count). The molecule has 0 aliphatic rings. The van der Waals surface area contributed by atoms with Crippen LogP contribution < -0.4 is 16.4 Å². The van der Waals surface area contributed by atoms with E-state index in [1.165, 1.54) is 0 Å². The van der Waals surface area contributed by atoms with Crippen molar-refractivity contribution in [1.29, 1.82) is 0 Å². The molecule has 0 atom stereocenters. The number of benzene rings is 2. The fraction of sp³-hybridized carbons (Fsp3) is 0.0435. The SMILES string of the molecule is Cc1cc(Nc2ccc3nc(-c4ccc(Nc5ccccn5)cc4)[nH]c3c2)nc(N)n1. The van der Waals surface area contributed by atoms with Crippen LogP contribution in [-0.4, -0.2) is 24.9 Å². The van der Waals surface area contributed by atoms with Crippen molar-refractivity contribution in [3.05, 3.63) is 78.6 Å². The lowest BCUT2D eigenvalue weighted by atomic mass is 10.2. The molecular formula is C23H20N8. The van der Waals surface area contributed by atoms with Gasteiger partial charge in [-0.1, -0.05) is 6.07 Å². The first-order chi connectivity index (χ1) is 15.1. The highest BCUT2D eigenvalue weighted by Gasteiger charge is 2.08. The quantitative estimate of drug-likeness (QED) is 0.330. The summed E-state index contributed by atoms with van der Waals surface area (Å²) in [6.07, 6.45) is 1.76. The van der Waals surface area contributed by atoms with Gasteiger partial charge in [-0.05, 0) is 61.5 Å². The Balaban J connectivity index is 1.37. The third kappa shape index (κ3) is 4.13. The lowest BCUT2D eigenvalue weighted by Crippen LogP contribution is -2.01. The Kier molecular flexibility index (Phi) is 4.64. The van der Waals surface area contributed by atoms with E-state index < -0.39 is 0 Å². The van der Waals surface area contributed by atoms with Crippen molar-refractivity contribution in [2.75, 3.05) is 16.4 Å². The predicted molar refractivity (Wildman–Crippen MR) is 124 cm³/mol. The number of nitrogen functional groups attached to an aromatic ring is 1. The Hall–Kier alpha value is -4.46. The molecule has 2 aromatic carbocycles. The highest BCUT2D eigenvalue weighted by Crippen LogP contribution is 2.26. The van der Waals surface area contributed by atoms with Crippen molar-refractivity contribution in [3.8, 4) is 11.4 Å². The van der Waals surface area contributed by atoms with Gasteiger partial charge in [0, 0.05) is 34.9 Å². The van der Waals surface area contributed by atoms with Gasteiger partial charge in [0.1, 0.15) is 17.5 Å². The average molecular weight is 408 g/mol. The first-order valence-electron chi connectivity index (χ1n) is 9.79. The zero-order valence-corrected chi connectivity index (χ0v) is 16.8. The summed E-state index contributed by atoms with van der Waals surface area (Å²) in [6, 6.07) is 21.6. The molecule has 8 heteroatoms. The van der Waals surface area contributed by atoms with Crippen LogP contribution in [0.15, 0.2) is 72.9 Å².